The molecule has 0 aliphatic heterocycles. The Balaban J connectivity index is 2.16. The third kappa shape index (κ3) is 13.4. The van der Waals surface area contributed by atoms with E-state index in [4.69, 9.17) is 4.18 Å². The molecule has 0 atom stereocenters. The molecule has 1 aromatic carbocycles. The molecule has 0 radical (unpaired) electrons. The summed E-state index contributed by atoms with van der Waals surface area (Å²) in [5.41, 5.74) is 1.21. The van der Waals surface area contributed by atoms with Crippen molar-refractivity contribution in [3.63, 3.8) is 0 Å². The minimum atomic E-state index is -3.62. The zero-order chi connectivity index (χ0) is 21.9. The first-order chi connectivity index (χ1) is 14.6. The average molecular weight is 439 g/mol. The van der Waals surface area contributed by atoms with Crippen molar-refractivity contribution in [1.29, 1.82) is 0 Å². The Bertz CT molecular complexity index is 608. The quantitative estimate of drug-likeness (QED) is 0.152. The van der Waals surface area contributed by atoms with Gasteiger partial charge in [0.1, 0.15) is 0 Å². The lowest BCUT2D eigenvalue weighted by molar-refractivity contribution is 0.306. The molecule has 0 saturated heterocycles. The molecule has 0 spiro atoms. The topological polar surface area (TPSA) is 43.4 Å². The molecule has 0 heterocycles. The monoisotopic (exact) mass is 438 g/mol. The molecule has 0 aromatic heterocycles. The summed E-state index contributed by atoms with van der Waals surface area (Å²) in [6.07, 6.45) is 20.9. The Labute approximate surface area is 187 Å². The van der Waals surface area contributed by atoms with Crippen LogP contribution in [0.25, 0.3) is 0 Å². The number of hydrogen-bond donors (Lipinski definition) is 0. The van der Waals surface area contributed by atoms with Crippen LogP contribution in [0.1, 0.15) is 122 Å². The molecule has 0 saturated carbocycles. The highest BCUT2D eigenvalue weighted by molar-refractivity contribution is 7.86. The Kier molecular flexibility index (Phi) is 16.1. The number of unbranched alkanes of at least 4 members (excludes halogenated alkanes) is 14. The molecule has 174 valence electrons. The first-order valence-corrected chi connectivity index (χ1v) is 14.0. The summed E-state index contributed by atoms with van der Waals surface area (Å²) >= 11 is 0. The predicted octanol–water partition coefficient (Wildman–Crippen LogP) is 8.22. The number of hydrogen-bond acceptors (Lipinski definition) is 3. The van der Waals surface area contributed by atoms with Crippen LogP contribution < -0.4 is 0 Å². The summed E-state index contributed by atoms with van der Waals surface area (Å²) in [5, 5.41) is 0. The lowest BCUT2D eigenvalue weighted by atomic mass is 10.0. The largest absolute Gasteiger partial charge is 0.296 e. The highest BCUT2D eigenvalue weighted by atomic mass is 32.2. The summed E-state index contributed by atoms with van der Waals surface area (Å²) in [5.74, 6) is 0. The molecule has 30 heavy (non-hydrogen) atoms. The fraction of sp³-hybridized carbons (Fsp3) is 0.769. The maximum Gasteiger partial charge on any atom is 0.296 e. The van der Waals surface area contributed by atoms with E-state index in [-0.39, 0.29) is 11.5 Å². The zero-order valence-electron chi connectivity index (χ0n) is 19.7. The van der Waals surface area contributed by atoms with Gasteiger partial charge in [-0.3, -0.25) is 4.18 Å². The van der Waals surface area contributed by atoms with E-state index in [0.29, 0.717) is 0 Å². The van der Waals surface area contributed by atoms with Crippen molar-refractivity contribution in [2.45, 2.75) is 128 Å². The molecule has 1 rings (SSSR count). The number of aryl methyl sites for hydroxylation is 1. The van der Waals surface area contributed by atoms with Crippen LogP contribution in [-0.4, -0.2) is 15.0 Å². The molecule has 0 unspecified atom stereocenters. The molecular formula is C26H46O3S. The SMILES string of the molecule is CCCCCCCCCCOS(=O)(=O)c1ccc(CCCCCCCCCC)cc1. The summed E-state index contributed by atoms with van der Waals surface area (Å²) in [7, 11) is -3.62. The van der Waals surface area contributed by atoms with Crippen LogP contribution >= 0.6 is 0 Å². The Morgan fingerprint density at radius 3 is 1.53 bits per heavy atom. The number of benzene rings is 1. The van der Waals surface area contributed by atoms with E-state index in [1.54, 1.807) is 12.1 Å². The van der Waals surface area contributed by atoms with Crippen molar-refractivity contribution >= 4 is 10.1 Å². The summed E-state index contributed by atoms with van der Waals surface area (Å²) < 4.78 is 29.9. The van der Waals surface area contributed by atoms with Gasteiger partial charge in [-0.1, -0.05) is 116 Å². The van der Waals surface area contributed by atoms with Gasteiger partial charge in [-0.2, -0.15) is 8.42 Å². The molecule has 0 bridgehead atoms. The normalized spacial score (nSPS) is 11.8. The molecule has 0 aliphatic rings. The number of rotatable bonds is 20. The molecule has 1 aromatic rings. The van der Waals surface area contributed by atoms with E-state index in [1.807, 2.05) is 12.1 Å². The van der Waals surface area contributed by atoms with E-state index < -0.39 is 10.1 Å². The van der Waals surface area contributed by atoms with Crippen LogP contribution in [0.3, 0.4) is 0 Å². The zero-order valence-corrected chi connectivity index (χ0v) is 20.5. The van der Waals surface area contributed by atoms with Gasteiger partial charge in [-0.25, -0.2) is 0 Å². The lowest BCUT2D eigenvalue weighted by Crippen LogP contribution is -2.07. The Morgan fingerprint density at radius 1 is 0.600 bits per heavy atom. The highest BCUT2D eigenvalue weighted by Gasteiger charge is 2.14. The van der Waals surface area contributed by atoms with Crippen LogP contribution in [0.2, 0.25) is 0 Å². The average Bonchev–Trinajstić information content (AvgIpc) is 2.75. The van der Waals surface area contributed by atoms with Crippen LogP contribution in [0.15, 0.2) is 29.2 Å². The molecule has 0 aliphatic carbocycles. The second kappa shape index (κ2) is 17.8. The summed E-state index contributed by atoms with van der Waals surface area (Å²) in [6.45, 7) is 4.76. The molecule has 3 nitrogen and oxygen atoms in total. The maximum atomic E-state index is 12.3. The molecule has 0 N–H and O–H groups in total. The summed E-state index contributed by atoms with van der Waals surface area (Å²) in [4.78, 5) is 0.279. The molecule has 0 amide bonds. The minimum absolute atomic E-state index is 0.279. The smallest absolute Gasteiger partial charge is 0.266 e. The van der Waals surface area contributed by atoms with Crippen molar-refractivity contribution < 1.29 is 12.6 Å². The van der Waals surface area contributed by atoms with Crippen molar-refractivity contribution in [2.24, 2.45) is 0 Å². The minimum Gasteiger partial charge on any atom is -0.266 e. The maximum absolute atomic E-state index is 12.3. The van der Waals surface area contributed by atoms with Gasteiger partial charge >= 0.3 is 0 Å². The Hall–Kier alpha value is -0.870. The van der Waals surface area contributed by atoms with Crippen LogP contribution in [0.5, 0.6) is 0 Å². The first-order valence-electron chi connectivity index (χ1n) is 12.6. The van der Waals surface area contributed by atoms with Crippen LogP contribution in [0.4, 0.5) is 0 Å². The van der Waals surface area contributed by atoms with Crippen LogP contribution in [-0.2, 0) is 20.7 Å². The van der Waals surface area contributed by atoms with Crippen molar-refractivity contribution in [3.05, 3.63) is 29.8 Å². The second-order valence-corrected chi connectivity index (χ2v) is 10.2. The lowest BCUT2D eigenvalue weighted by Gasteiger charge is -2.07. The van der Waals surface area contributed by atoms with E-state index in [0.717, 1.165) is 19.3 Å². The Morgan fingerprint density at radius 2 is 1.03 bits per heavy atom. The fourth-order valence-corrected chi connectivity index (χ4v) is 4.70. The summed E-state index contributed by atoms with van der Waals surface area (Å²) in [6, 6.07) is 7.27. The first kappa shape index (κ1) is 27.2. The van der Waals surface area contributed by atoms with Gasteiger partial charge in [-0.15, -0.1) is 0 Å². The third-order valence-corrected chi connectivity index (χ3v) is 7.09. The van der Waals surface area contributed by atoms with Gasteiger partial charge in [0.2, 0.25) is 0 Å². The van der Waals surface area contributed by atoms with Crippen LogP contribution in [0, 0.1) is 0 Å². The van der Waals surface area contributed by atoms with Gasteiger partial charge in [0.25, 0.3) is 10.1 Å². The van der Waals surface area contributed by atoms with E-state index >= 15 is 0 Å². The molecule has 0 fully saturated rings. The van der Waals surface area contributed by atoms with Gasteiger partial charge in [-0.05, 0) is 37.0 Å². The predicted molar refractivity (Wildman–Crippen MR) is 129 cm³/mol. The van der Waals surface area contributed by atoms with E-state index in [2.05, 4.69) is 13.8 Å². The van der Waals surface area contributed by atoms with Crippen molar-refractivity contribution in [1.82, 2.24) is 0 Å². The van der Waals surface area contributed by atoms with Crippen molar-refractivity contribution in [3.8, 4) is 0 Å². The molecular weight excluding hydrogens is 392 g/mol. The van der Waals surface area contributed by atoms with Gasteiger partial charge in [0.15, 0.2) is 0 Å². The second-order valence-electron chi connectivity index (χ2n) is 8.62. The fourth-order valence-electron chi connectivity index (χ4n) is 3.76. The van der Waals surface area contributed by atoms with Gasteiger partial charge < -0.3 is 0 Å². The van der Waals surface area contributed by atoms with E-state index in [9.17, 15) is 8.42 Å². The standard InChI is InChI=1S/C26H46O3S/c1-3-5-7-9-11-13-15-17-19-25-20-22-26(23-21-25)30(27,28)29-24-18-16-14-12-10-8-6-4-2/h20-23H,3-19,24H2,1-2H3. The van der Waals surface area contributed by atoms with Gasteiger partial charge in [0, 0.05) is 0 Å². The van der Waals surface area contributed by atoms with E-state index in [1.165, 1.54) is 95.5 Å². The highest BCUT2D eigenvalue weighted by Crippen LogP contribution is 2.17. The van der Waals surface area contributed by atoms with Gasteiger partial charge in [0.05, 0.1) is 11.5 Å². The molecule has 4 heteroatoms. The third-order valence-electron chi connectivity index (χ3n) is 5.77. The van der Waals surface area contributed by atoms with Crippen molar-refractivity contribution in [2.75, 3.05) is 6.61 Å².